The Balaban J connectivity index is 2.17. The summed E-state index contributed by atoms with van der Waals surface area (Å²) < 4.78 is 11.5. The van der Waals surface area contributed by atoms with E-state index in [9.17, 15) is 4.79 Å². The predicted molar refractivity (Wildman–Crippen MR) is 119 cm³/mol. The van der Waals surface area contributed by atoms with E-state index in [1.54, 1.807) is 19.2 Å². The maximum absolute atomic E-state index is 12.9. The number of aryl methyl sites for hydroxylation is 2. The molecule has 4 nitrogen and oxygen atoms in total. The number of carbonyl (C=O) groups is 1. The Labute approximate surface area is 179 Å². The standard InChI is InChI=1S/C24H32ClNO3/c1-8-22(29-18-9-10-21(25)16(5)11-18)24(27)26-17(6)20-13-19(14(2)3)23(28-7)12-15(20)4/h9-14,17,22H,8H2,1-7H3,(H,26,27). The number of amides is 1. The molecule has 1 N–H and O–H groups in total. The largest absolute Gasteiger partial charge is 0.496 e. The first kappa shape index (κ1) is 23.1. The van der Waals surface area contributed by atoms with Crippen LogP contribution in [0, 0.1) is 13.8 Å². The summed E-state index contributed by atoms with van der Waals surface area (Å²) in [5.41, 5.74) is 4.22. The lowest BCUT2D eigenvalue weighted by Gasteiger charge is -2.23. The molecule has 5 heteroatoms. The van der Waals surface area contributed by atoms with Crippen molar-refractivity contribution in [2.75, 3.05) is 7.11 Å². The van der Waals surface area contributed by atoms with Gasteiger partial charge in [-0.25, -0.2) is 0 Å². The Bertz CT molecular complexity index is 863. The molecule has 2 aromatic carbocycles. The number of hydrogen-bond donors (Lipinski definition) is 1. The summed E-state index contributed by atoms with van der Waals surface area (Å²) in [7, 11) is 1.69. The first-order chi connectivity index (χ1) is 13.7. The second-order valence-corrected chi connectivity index (χ2v) is 8.17. The number of halogens is 1. The van der Waals surface area contributed by atoms with Gasteiger partial charge in [-0.3, -0.25) is 4.79 Å². The highest BCUT2D eigenvalue weighted by Crippen LogP contribution is 2.32. The minimum atomic E-state index is -0.568. The predicted octanol–water partition coefficient (Wildman–Crippen LogP) is 6.12. The molecular weight excluding hydrogens is 386 g/mol. The van der Waals surface area contributed by atoms with Gasteiger partial charge in [-0.15, -0.1) is 0 Å². The highest BCUT2D eigenvalue weighted by molar-refractivity contribution is 6.31. The van der Waals surface area contributed by atoms with Gasteiger partial charge in [-0.2, -0.15) is 0 Å². The average Bonchev–Trinajstić information content (AvgIpc) is 2.67. The van der Waals surface area contributed by atoms with E-state index in [1.807, 2.05) is 39.8 Å². The quantitative estimate of drug-likeness (QED) is 0.562. The molecule has 29 heavy (non-hydrogen) atoms. The van der Waals surface area contributed by atoms with Gasteiger partial charge in [0.15, 0.2) is 6.10 Å². The fourth-order valence-electron chi connectivity index (χ4n) is 3.37. The van der Waals surface area contributed by atoms with Crippen LogP contribution in [0.1, 0.15) is 68.3 Å². The third kappa shape index (κ3) is 5.66. The third-order valence-corrected chi connectivity index (χ3v) is 5.56. The maximum atomic E-state index is 12.9. The van der Waals surface area contributed by atoms with Crippen LogP contribution in [0.25, 0.3) is 0 Å². The number of benzene rings is 2. The lowest BCUT2D eigenvalue weighted by Crippen LogP contribution is -2.39. The summed E-state index contributed by atoms with van der Waals surface area (Å²) >= 11 is 6.08. The van der Waals surface area contributed by atoms with Crippen LogP contribution in [-0.2, 0) is 4.79 Å². The molecule has 0 heterocycles. The Morgan fingerprint density at radius 2 is 1.76 bits per heavy atom. The molecule has 0 spiro atoms. The normalized spacial score (nSPS) is 13.1. The summed E-state index contributed by atoms with van der Waals surface area (Å²) in [6.45, 7) is 12.2. The summed E-state index contributed by atoms with van der Waals surface area (Å²) in [4.78, 5) is 12.9. The van der Waals surface area contributed by atoms with Crippen molar-refractivity contribution in [3.05, 3.63) is 57.6 Å². The van der Waals surface area contributed by atoms with Crippen molar-refractivity contribution in [2.45, 2.75) is 66.0 Å². The molecule has 2 rings (SSSR count). The molecule has 2 atom stereocenters. The van der Waals surface area contributed by atoms with Crippen molar-refractivity contribution in [1.29, 1.82) is 0 Å². The number of carbonyl (C=O) groups excluding carboxylic acids is 1. The summed E-state index contributed by atoms with van der Waals surface area (Å²) in [6, 6.07) is 9.46. The van der Waals surface area contributed by atoms with Crippen LogP contribution in [0.3, 0.4) is 0 Å². The molecule has 2 aromatic rings. The fourth-order valence-corrected chi connectivity index (χ4v) is 3.49. The molecule has 158 valence electrons. The number of rotatable bonds is 8. The maximum Gasteiger partial charge on any atom is 0.261 e. The first-order valence-corrected chi connectivity index (χ1v) is 10.5. The SMILES string of the molecule is CCC(Oc1ccc(Cl)c(C)c1)C(=O)NC(C)c1cc(C(C)C)c(OC)cc1C. The zero-order chi connectivity index (χ0) is 21.7. The van der Waals surface area contributed by atoms with Crippen LogP contribution >= 0.6 is 11.6 Å². The number of nitrogens with one attached hydrogen (secondary N) is 1. The number of hydrogen-bond acceptors (Lipinski definition) is 3. The molecule has 0 aliphatic heterocycles. The van der Waals surface area contributed by atoms with Gasteiger partial charge in [0, 0.05) is 5.02 Å². The molecule has 0 radical (unpaired) electrons. The van der Waals surface area contributed by atoms with E-state index in [4.69, 9.17) is 21.1 Å². The van der Waals surface area contributed by atoms with Gasteiger partial charge in [0.2, 0.25) is 0 Å². The van der Waals surface area contributed by atoms with Crippen LogP contribution in [0.4, 0.5) is 0 Å². The van der Waals surface area contributed by atoms with Gasteiger partial charge >= 0.3 is 0 Å². The Kier molecular flexibility index (Phi) is 7.97. The number of methoxy groups -OCH3 is 1. The van der Waals surface area contributed by atoms with E-state index >= 15 is 0 Å². The molecule has 0 aliphatic carbocycles. The highest BCUT2D eigenvalue weighted by Gasteiger charge is 2.22. The molecule has 0 aliphatic rings. The molecule has 0 aromatic heterocycles. The van der Waals surface area contributed by atoms with Crippen molar-refractivity contribution in [2.24, 2.45) is 0 Å². The van der Waals surface area contributed by atoms with E-state index in [1.165, 1.54) is 0 Å². The van der Waals surface area contributed by atoms with Crippen molar-refractivity contribution >= 4 is 17.5 Å². The van der Waals surface area contributed by atoms with E-state index in [-0.39, 0.29) is 11.9 Å². The fraction of sp³-hybridized carbons (Fsp3) is 0.458. The van der Waals surface area contributed by atoms with Crippen LogP contribution in [-0.4, -0.2) is 19.1 Å². The van der Waals surface area contributed by atoms with Crippen molar-refractivity contribution in [3.8, 4) is 11.5 Å². The van der Waals surface area contributed by atoms with Crippen molar-refractivity contribution in [3.63, 3.8) is 0 Å². The van der Waals surface area contributed by atoms with Gasteiger partial charge in [-0.1, -0.05) is 32.4 Å². The summed E-state index contributed by atoms with van der Waals surface area (Å²) in [5.74, 6) is 1.72. The molecule has 0 bridgehead atoms. The second kappa shape index (κ2) is 10.0. The van der Waals surface area contributed by atoms with Crippen LogP contribution in [0.15, 0.2) is 30.3 Å². The number of ether oxygens (including phenoxy) is 2. The second-order valence-electron chi connectivity index (χ2n) is 7.76. The lowest BCUT2D eigenvalue weighted by atomic mass is 9.93. The van der Waals surface area contributed by atoms with Crippen molar-refractivity contribution < 1.29 is 14.3 Å². The van der Waals surface area contributed by atoms with Gasteiger partial charge in [0.25, 0.3) is 5.91 Å². The smallest absolute Gasteiger partial charge is 0.261 e. The topological polar surface area (TPSA) is 47.6 Å². The molecule has 0 saturated carbocycles. The van der Waals surface area contributed by atoms with Gasteiger partial charge in [0.05, 0.1) is 13.2 Å². The molecule has 1 amide bonds. The zero-order valence-corrected chi connectivity index (χ0v) is 19.2. The average molecular weight is 418 g/mol. The summed E-state index contributed by atoms with van der Waals surface area (Å²) in [6.07, 6.45) is 0.000138. The first-order valence-electron chi connectivity index (χ1n) is 10.1. The minimum Gasteiger partial charge on any atom is -0.496 e. The van der Waals surface area contributed by atoms with Crippen LogP contribution in [0.5, 0.6) is 11.5 Å². The van der Waals surface area contributed by atoms with Crippen LogP contribution in [0.2, 0.25) is 5.02 Å². The molecular formula is C24H32ClNO3. The molecule has 2 unspecified atom stereocenters. The van der Waals surface area contributed by atoms with E-state index in [2.05, 4.69) is 25.2 Å². The van der Waals surface area contributed by atoms with Crippen LogP contribution < -0.4 is 14.8 Å². The van der Waals surface area contributed by atoms with E-state index in [0.717, 1.165) is 28.0 Å². The van der Waals surface area contributed by atoms with Gasteiger partial charge < -0.3 is 14.8 Å². The minimum absolute atomic E-state index is 0.131. The van der Waals surface area contributed by atoms with E-state index in [0.29, 0.717) is 23.1 Å². The Hall–Kier alpha value is -2.20. The highest BCUT2D eigenvalue weighted by atomic mass is 35.5. The Morgan fingerprint density at radius 3 is 2.31 bits per heavy atom. The zero-order valence-electron chi connectivity index (χ0n) is 18.4. The molecule has 0 saturated heterocycles. The Morgan fingerprint density at radius 1 is 1.07 bits per heavy atom. The monoisotopic (exact) mass is 417 g/mol. The third-order valence-electron chi connectivity index (χ3n) is 5.14. The van der Waals surface area contributed by atoms with E-state index < -0.39 is 6.10 Å². The van der Waals surface area contributed by atoms with Crippen molar-refractivity contribution in [1.82, 2.24) is 5.32 Å². The van der Waals surface area contributed by atoms with Gasteiger partial charge in [-0.05, 0) is 85.7 Å². The molecule has 0 fully saturated rings. The lowest BCUT2D eigenvalue weighted by molar-refractivity contribution is -0.128. The summed E-state index contributed by atoms with van der Waals surface area (Å²) in [5, 5.41) is 3.79. The van der Waals surface area contributed by atoms with Gasteiger partial charge in [0.1, 0.15) is 11.5 Å².